The smallest absolute Gasteiger partial charge is 0.239 e. The van der Waals surface area contributed by atoms with Crippen LogP contribution in [0, 0.1) is 0 Å². The van der Waals surface area contributed by atoms with Crippen LogP contribution in [0.3, 0.4) is 0 Å². The molecule has 0 saturated heterocycles. The molecule has 1 aliphatic heterocycles. The van der Waals surface area contributed by atoms with Crippen LogP contribution in [0.25, 0.3) is 0 Å². The van der Waals surface area contributed by atoms with Crippen LogP contribution in [0.15, 0.2) is 53.4 Å². The van der Waals surface area contributed by atoms with Gasteiger partial charge in [-0.2, -0.15) is 0 Å². The highest BCUT2D eigenvalue weighted by Gasteiger charge is 2.25. The molecule has 1 aliphatic rings. The van der Waals surface area contributed by atoms with Gasteiger partial charge in [0.2, 0.25) is 5.91 Å². The summed E-state index contributed by atoms with van der Waals surface area (Å²) in [5, 5.41) is 3.57. The van der Waals surface area contributed by atoms with Crippen LogP contribution in [0.5, 0.6) is 5.75 Å². The third-order valence-electron chi connectivity index (χ3n) is 4.46. The average molecular weight is 371 g/mol. The summed E-state index contributed by atoms with van der Waals surface area (Å²) >= 11 is 1.92. The van der Waals surface area contributed by atoms with E-state index in [1.54, 1.807) is 0 Å². The monoisotopic (exact) mass is 370 g/mol. The Morgan fingerprint density at radius 2 is 1.96 bits per heavy atom. The number of ether oxygens (including phenoxy) is 1. The van der Waals surface area contributed by atoms with E-state index in [-0.39, 0.29) is 5.91 Å². The van der Waals surface area contributed by atoms with Crippen LogP contribution in [0.4, 0.5) is 5.69 Å². The van der Waals surface area contributed by atoms with Crippen molar-refractivity contribution in [2.75, 3.05) is 24.6 Å². The highest BCUT2D eigenvalue weighted by atomic mass is 32.2. The van der Waals surface area contributed by atoms with Gasteiger partial charge in [-0.3, -0.25) is 4.79 Å². The zero-order valence-electron chi connectivity index (χ0n) is 15.4. The lowest BCUT2D eigenvalue weighted by molar-refractivity contribution is -0.119. The summed E-state index contributed by atoms with van der Waals surface area (Å²) in [6.07, 6.45) is 1.10. The van der Waals surface area contributed by atoms with Gasteiger partial charge in [-0.25, -0.2) is 0 Å². The highest BCUT2D eigenvalue weighted by molar-refractivity contribution is 8.00. The van der Waals surface area contributed by atoms with Crippen molar-refractivity contribution in [3.8, 4) is 5.75 Å². The van der Waals surface area contributed by atoms with Gasteiger partial charge in [0.05, 0.1) is 18.8 Å². The van der Waals surface area contributed by atoms with Gasteiger partial charge in [0.15, 0.2) is 0 Å². The molecule has 5 heteroatoms. The van der Waals surface area contributed by atoms with Gasteiger partial charge >= 0.3 is 0 Å². The summed E-state index contributed by atoms with van der Waals surface area (Å²) in [6.45, 7) is 6.55. The van der Waals surface area contributed by atoms with Crippen molar-refractivity contribution >= 4 is 23.4 Å². The highest BCUT2D eigenvalue weighted by Crippen LogP contribution is 2.39. The van der Waals surface area contributed by atoms with Gasteiger partial charge in [-0.05, 0) is 31.5 Å². The molecule has 0 saturated carbocycles. The van der Waals surface area contributed by atoms with E-state index in [9.17, 15) is 4.79 Å². The first kappa shape index (κ1) is 18.6. The molecule has 0 radical (unpaired) electrons. The van der Waals surface area contributed by atoms with Gasteiger partial charge < -0.3 is 15.0 Å². The first-order valence-electron chi connectivity index (χ1n) is 9.19. The molecular formula is C21H26N2O2S. The Morgan fingerprint density at radius 1 is 1.19 bits per heavy atom. The first-order chi connectivity index (χ1) is 12.7. The number of para-hydroxylation sites is 2. The van der Waals surface area contributed by atoms with E-state index in [1.165, 1.54) is 4.90 Å². The minimum atomic E-state index is 0.0351. The second-order valence-electron chi connectivity index (χ2n) is 6.31. The molecule has 1 N–H and O–H groups in total. The van der Waals surface area contributed by atoms with Crippen molar-refractivity contribution in [3.05, 3.63) is 54.1 Å². The molecule has 3 rings (SSSR count). The quantitative estimate of drug-likeness (QED) is 0.797. The van der Waals surface area contributed by atoms with Crippen molar-refractivity contribution in [2.45, 2.75) is 37.0 Å². The average Bonchev–Trinajstić information content (AvgIpc) is 2.67. The van der Waals surface area contributed by atoms with Gasteiger partial charge in [0, 0.05) is 28.8 Å². The molecule has 2 aromatic carbocycles. The van der Waals surface area contributed by atoms with E-state index >= 15 is 0 Å². The van der Waals surface area contributed by atoms with E-state index in [1.807, 2.05) is 49.0 Å². The van der Waals surface area contributed by atoms with Crippen molar-refractivity contribution in [1.82, 2.24) is 5.32 Å². The Bertz CT molecular complexity index is 750. The zero-order valence-corrected chi connectivity index (χ0v) is 16.2. The number of rotatable bonds is 7. The lowest BCUT2D eigenvalue weighted by Crippen LogP contribution is -2.42. The molecule has 138 valence electrons. The molecule has 0 bridgehead atoms. The minimum absolute atomic E-state index is 0.0351. The molecule has 0 fully saturated rings. The number of hydrogen-bond acceptors (Lipinski definition) is 4. The van der Waals surface area contributed by atoms with Crippen LogP contribution >= 0.6 is 11.8 Å². The summed E-state index contributed by atoms with van der Waals surface area (Å²) in [5.74, 6) is 0.869. The van der Waals surface area contributed by atoms with E-state index in [0.29, 0.717) is 24.9 Å². The van der Waals surface area contributed by atoms with Crippen molar-refractivity contribution in [2.24, 2.45) is 0 Å². The van der Waals surface area contributed by atoms with Gasteiger partial charge in [-0.1, -0.05) is 37.3 Å². The summed E-state index contributed by atoms with van der Waals surface area (Å²) in [4.78, 5) is 16.0. The molecule has 0 unspecified atom stereocenters. The SMILES string of the molecule is CCOc1ccccc1CNC(=O)CN1C[C@@H](CC)Sc2ccccc21. The maximum atomic E-state index is 12.6. The summed E-state index contributed by atoms with van der Waals surface area (Å²) in [5.41, 5.74) is 2.16. The number of hydrogen-bond donors (Lipinski definition) is 1. The number of carbonyl (C=O) groups excluding carboxylic acids is 1. The van der Waals surface area contributed by atoms with Crippen LogP contribution in [-0.4, -0.2) is 30.9 Å². The lowest BCUT2D eigenvalue weighted by atomic mass is 10.2. The molecule has 0 aliphatic carbocycles. The molecule has 0 aromatic heterocycles. The third kappa shape index (κ3) is 4.52. The Morgan fingerprint density at radius 3 is 2.77 bits per heavy atom. The number of nitrogens with zero attached hydrogens (tertiary/aromatic N) is 1. The zero-order chi connectivity index (χ0) is 18.4. The molecule has 1 atom stereocenters. The number of nitrogens with one attached hydrogen (secondary N) is 1. The third-order valence-corrected chi connectivity index (χ3v) is 5.88. The predicted octanol–water partition coefficient (Wildman–Crippen LogP) is 4.09. The number of benzene rings is 2. The van der Waals surface area contributed by atoms with Crippen LogP contribution in [-0.2, 0) is 11.3 Å². The standard InChI is InChI=1S/C21H26N2O2S/c1-3-17-14-23(18-10-6-8-12-20(18)26-17)15-21(24)22-13-16-9-5-7-11-19(16)25-4-2/h5-12,17H,3-4,13-15H2,1-2H3,(H,22,24)/t17-/m1/s1. The fourth-order valence-corrected chi connectivity index (χ4v) is 4.37. The number of amides is 1. The molecule has 1 heterocycles. The minimum Gasteiger partial charge on any atom is -0.494 e. The molecule has 26 heavy (non-hydrogen) atoms. The Hall–Kier alpha value is -2.14. The topological polar surface area (TPSA) is 41.6 Å². The molecule has 0 spiro atoms. The molecule has 1 amide bonds. The second kappa shape index (κ2) is 8.99. The van der Waals surface area contributed by atoms with E-state index in [0.717, 1.165) is 30.0 Å². The van der Waals surface area contributed by atoms with Crippen molar-refractivity contribution in [3.63, 3.8) is 0 Å². The first-order valence-corrected chi connectivity index (χ1v) is 10.1. The molecule has 2 aromatic rings. The van der Waals surface area contributed by atoms with Gasteiger partial charge in [0.25, 0.3) is 0 Å². The Kier molecular flexibility index (Phi) is 6.45. The van der Waals surface area contributed by atoms with Crippen molar-refractivity contribution in [1.29, 1.82) is 0 Å². The maximum absolute atomic E-state index is 12.6. The normalized spacial score (nSPS) is 16.1. The summed E-state index contributed by atoms with van der Waals surface area (Å²) in [6, 6.07) is 16.2. The fourth-order valence-electron chi connectivity index (χ4n) is 3.11. The Labute approximate surface area is 159 Å². The largest absolute Gasteiger partial charge is 0.494 e. The van der Waals surface area contributed by atoms with Crippen LogP contribution in [0.2, 0.25) is 0 Å². The van der Waals surface area contributed by atoms with Gasteiger partial charge in [-0.15, -0.1) is 11.8 Å². The number of carbonyl (C=O) groups is 1. The fraction of sp³-hybridized carbons (Fsp3) is 0.381. The van der Waals surface area contributed by atoms with Gasteiger partial charge in [0.1, 0.15) is 5.75 Å². The summed E-state index contributed by atoms with van der Waals surface area (Å²) < 4.78 is 5.63. The van der Waals surface area contributed by atoms with Crippen molar-refractivity contribution < 1.29 is 9.53 Å². The van der Waals surface area contributed by atoms with E-state index in [2.05, 4.69) is 35.3 Å². The van der Waals surface area contributed by atoms with E-state index < -0.39 is 0 Å². The second-order valence-corrected chi connectivity index (χ2v) is 7.66. The maximum Gasteiger partial charge on any atom is 0.239 e. The van der Waals surface area contributed by atoms with Crippen LogP contribution < -0.4 is 15.0 Å². The molecular weight excluding hydrogens is 344 g/mol. The van der Waals surface area contributed by atoms with E-state index in [4.69, 9.17) is 4.74 Å². The summed E-state index contributed by atoms with van der Waals surface area (Å²) in [7, 11) is 0. The number of thioether (sulfide) groups is 1. The number of anilines is 1. The Balaban J connectivity index is 1.63. The molecule has 4 nitrogen and oxygen atoms in total. The lowest BCUT2D eigenvalue weighted by Gasteiger charge is -2.34. The predicted molar refractivity (Wildman–Crippen MR) is 108 cm³/mol. The number of fused-ring (bicyclic) bond motifs is 1. The van der Waals surface area contributed by atoms with Crippen LogP contribution in [0.1, 0.15) is 25.8 Å².